The molecule has 0 unspecified atom stereocenters. The number of rotatable bonds is 4. The lowest BCUT2D eigenvalue weighted by Gasteiger charge is -2.33. The number of H-pyrrole nitrogens is 1. The zero-order chi connectivity index (χ0) is 22.8. The molecule has 1 aromatic carbocycles. The molecule has 4 rings (SSSR count). The van der Waals surface area contributed by atoms with Crippen LogP contribution in [0, 0.1) is 20.8 Å². The van der Waals surface area contributed by atoms with Crippen LogP contribution in [0.3, 0.4) is 0 Å². The summed E-state index contributed by atoms with van der Waals surface area (Å²) in [7, 11) is 0. The summed E-state index contributed by atoms with van der Waals surface area (Å²) >= 11 is 0. The van der Waals surface area contributed by atoms with Gasteiger partial charge in [-0.2, -0.15) is 5.10 Å². The van der Waals surface area contributed by atoms with Gasteiger partial charge in [-0.05, 0) is 62.8 Å². The van der Waals surface area contributed by atoms with Gasteiger partial charge in [0.2, 0.25) is 5.88 Å². The molecular formula is C24H27N5O3. The van der Waals surface area contributed by atoms with Gasteiger partial charge in [0.15, 0.2) is 0 Å². The molecule has 8 heteroatoms. The van der Waals surface area contributed by atoms with E-state index in [0.29, 0.717) is 5.69 Å². The Balaban J connectivity index is 1.77. The lowest BCUT2D eigenvalue weighted by molar-refractivity contribution is 0.156. The van der Waals surface area contributed by atoms with Crippen molar-refractivity contribution in [2.24, 2.45) is 5.10 Å². The Labute approximate surface area is 185 Å². The summed E-state index contributed by atoms with van der Waals surface area (Å²) in [5.74, 6) is -0.424. The van der Waals surface area contributed by atoms with E-state index >= 15 is 0 Å². The first kappa shape index (κ1) is 21.5. The number of aromatic nitrogens is 3. The van der Waals surface area contributed by atoms with Crippen molar-refractivity contribution in [2.45, 2.75) is 46.1 Å². The van der Waals surface area contributed by atoms with Gasteiger partial charge < -0.3 is 5.11 Å². The summed E-state index contributed by atoms with van der Waals surface area (Å²) < 4.78 is 1.14. The van der Waals surface area contributed by atoms with Crippen molar-refractivity contribution in [3.05, 3.63) is 85.3 Å². The number of hydrogen-bond donors (Lipinski definition) is 2. The van der Waals surface area contributed by atoms with Crippen molar-refractivity contribution < 1.29 is 5.11 Å². The normalized spacial score (nSPS) is 16.6. The highest BCUT2D eigenvalue weighted by Crippen LogP contribution is 2.30. The molecule has 0 spiro atoms. The van der Waals surface area contributed by atoms with Gasteiger partial charge >= 0.3 is 5.69 Å². The molecule has 1 aliphatic heterocycles. The van der Waals surface area contributed by atoms with Crippen LogP contribution in [-0.2, 0) is 0 Å². The number of aromatic hydroxyl groups is 1. The van der Waals surface area contributed by atoms with Gasteiger partial charge in [0.1, 0.15) is 5.56 Å². The van der Waals surface area contributed by atoms with E-state index in [-0.39, 0.29) is 11.6 Å². The van der Waals surface area contributed by atoms with Crippen molar-refractivity contribution in [1.82, 2.24) is 19.5 Å². The monoisotopic (exact) mass is 433 g/mol. The molecular weight excluding hydrogens is 406 g/mol. The van der Waals surface area contributed by atoms with Crippen LogP contribution in [0.2, 0.25) is 0 Å². The number of nitrogens with zero attached hydrogens (tertiary/aromatic N) is 4. The summed E-state index contributed by atoms with van der Waals surface area (Å²) in [6, 6.07) is 7.81. The number of benzene rings is 1. The minimum Gasteiger partial charge on any atom is -0.493 e. The molecule has 0 bridgehead atoms. The van der Waals surface area contributed by atoms with Crippen molar-refractivity contribution in [1.29, 1.82) is 0 Å². The summed E-state index contributed by atoms with van der Waals surface area (Å²) in [6.07, 6.45) is 7.89. The maximum Gasteiger partial charge on any atom is 0.335 e. The molecule has 166 valence electrons. The van der Waals surface area contributed by atoms with Crippen LogP contribution < -0.4 is 11.2 Å². The average molecular weight is 434 g/mol. The highest BCUT2D eigenvalue weighted by atomic mass is 16.3. The number of aromatic amines is 1. The van der Waals surface area contributed by atoms with Crippen molar-refractivity contribution in [2.75, 3.05) is 6.54 Å². The van der Waals surface area contributed by atoms with Gasteiger partial charge in [-0.1, -0.05) is 23.8 Å². The quantitative estimate of drug-likeness (QED) is 0.616. The number of pyridine rings is 1. The number of aryl methyl sites for hydroxylation is 3. The summed E-state index contributed by atoms with van der Waals surface area (Å²) in [5.41, 5.74) is 2.88. The zero-order valence-electron chi connectivity index (χ0n) is 18.5. The summed E-state index contributed by atoms with van der Waals surface area (Å²) in [5, 5.41) is 17.4. The van der Waals surface area contributed by atoms with E-state index in [1.54, 1.807) is 6.20 Å². The average Bonchev–Trinajstić information content (AvgIpc) is 2.76. The van der Waals surface area contributed by atoms with E-state index in [0.717, 1.165) is 52.6 Å². The minimum atomic E-state index is -0.689. The smallest absolute Gasteiger partial charge is 0.335 e. The van der Waals surface area contributed by atoms with Crippen LogP contribution in [0.1, 0.15) is 53.1 Å². The lowest BCUT2D eigenvalue weighted by atomic mass is 9.98. The minimum absolute atomic E-state index is 0.0439. The van der Waals surface area contributed by atoms with E-state index in [2.05, 4.69) is 15.1 Å². The van der Waals surface area contributed by atoms with Gasteiger partial charge in [-0.15, -0.1) is 0 Å². The highest BCUT2D eigenvalue weighted by molar-refractivity contribution is 5.82. The van der Waals surface area contributed by atoms with Crippen LogP contribution >= 0.6 is 0 Å². The van der Waals surface area contributed by atoms with Gasteiger partial charge in [-0.25, -0.2) is 9.36 Å². The Morgan fingerprint density at radius 2 is 1.94 bits per heavy atom. The Hall–Kier alpha value is -3.68. The number of hydrogen-bond acceptors (Lipinski definition) is 6. The number of nitrogens with one attached hydrogen (secondary N) is 1. The van der Waals surface area contributed by atoms with Crippen molar-refractivity contribution in [3.63, 3.8) is 0 Å². The van der Waals surface area contributed by atoms with Gasteiger partial charge in [0.25, 0.3) is 5.56 Å². The predicted molar refractivity (Wildman–Crippen MR) is 124 cm³/mol. The summed E-state index contributed by atoms with van der Waals surface area (Å²) in [6.45, 7) is 6.43. The second-order valence-electron chi connectivity index (χ2n) is 8.28. The highest BCUT2D eigenvalue weighted by Gasteiger charge is 2.23. The molecule has 3 aromatic rings. The third-order valence-electron chi connectivity index (χ3n) is 5.86. The first-order chi connectivity index (χ1) is 15.4. The zero-order valence-corrected chi connectivity index (χ0v) is 18.5. The van der Waals surface area contributed by atoms with Gasteiger partial charge in [0, 0.05) is 18.9 Å². The first-order valence-electron chi connectivity index (χ1n) is 10.7. The van der Waals surface area contributed by atoms with Crippen molar-refractivity contribution >= 4 is 6.21 Å². The van der Waals surface area contributed by atoms with E-state index in [9.17, 15) is 14.7 Å². The summed E-state index contributed by atoms with van der Waals surface area (Å²) in [4.78, 5) is 31.7. The molecule has 2 N–H and O–H groups in total. The molecule has 1 saturated heterocycles. The fraction of sp³-hybridized carbons (Fsp3) is 0.333. The first-order valence-corrected chi connectivity index (χ1v) is 10.7. The second-order valence-corrected chi connectivity index (χ2v) is 8.28. The number of piperidine rings is 1. The van der Waals surface area contributed by atoms with Crippen LogP contribution in [0.15, 0.2) is 51.3 Å². The van der Waals surface area contributed by atoms with Crippen LogP contribution in [0.25, 0.3) is 5.69 Å². The molecule has 8 nitrogen and oxygen atoms in total. The van der Waals surface area contributed by atoms with Crippen LogP contribution in [0.4, 0.5) is 0 Å². The van der Waals surface area contributed by atoms with Crippen LogP contribution in [-0.4, -0.2) is 37.4 Å². The van der Waals surface area contributed by atoms with E-state index in [4.69, 9.17) is 0 Å². The second kappa shape index (κ2) is 8.82. The fourth-order valence-corrected chi connectivity index (χ4v) is 4.49. The third kappa shape index (κ3) is 4.08. The predicted octanol–water partition coefficient (Wildman–Crippen LogP) is 3.11. The standard InChI is InChI=1S/C24H27N5O3/c1-15-11-16(2)21(17(3)12-15)29-23(31)19(22(30)27-24(29)32)14-26-28-10-5-4-8-20(28)18-7-6-9-25-13-18/h6-7,9,11-14,20,31H,4-5,8,10H2,1-3H3,(H,27,30,32)/t20-/m1/s1. The lowest BCUT2D eigenvalue weighted by Crippen LogP contribution is -2.33. The Morgan fingerprint density at radius 3 is 2.62 bits per heavy atom. The molecule has 32 heavy (non-hydrogen) atoms. The van der Waals surface area contributed by atoms with Gasteiger partial charge in [0.05, 0.1) is 17.9 Å². The molecule has 2 aromatic heterocycles. The Kier molecular flexibility index (Phi) is 5.94. The molecule has 0 radical (unpaired) electrons. The molecule has 1 fully saturated rings. The molecule has 1 atom stereocenters. The maximum atomic E-state index is 12.6. The van der Waals surface area contributed by atoms with E-state index in [1.807, 2.05) is 56.2 Å². The Bertz CT molecular complexity index is 1250. The number of hydrazone groups is 1. The van der Waals surface area contributed by atoms with Gasteiger partial charge in [-0.3, -0.25) is 19.8 Å². The molecule has 0 aliphatic carbocycles. The fourth-order valence-electron chi connectivity index (χ4n) is 4.49. The molecule has 0 saturated carbocycles. The van der Waals surface area contributed by atoms with E-state index in [1.165, 1.54) is 6.21 Å². The maximum absolute atomic E-state index is 12.6. The topological polar surface area (TPSA) is 104 Å². The third-order valence-corrected chi connectivity index (χ3v) is 5.86. The van der Waals surface area contributed by atoms with Crippen molar-refractivity contribution in [3.8, 4) is 11.6 Å². The Morgan fingerprint density at radius 1 is 1.19 bits per heavy atom. The van der Waals surface area contributed by atoms with E-state index < -0.39 is 17.1 Å². The molecule has 1 aliphatic rings. The molecule has 3 heterocycles. The largest absolute Gasteiger partial charge is 0.493 e. The van der Waals surface area contributed by atoms with Crippen LogP contribution in [0.5, 0.6) is 5.88 Å². The SMILES string of the molecule is Cc1cc(C)c(-n2c(O)c(C=NN3CCCC[C@@H]3c3cccnc3)c(=O)[nH]c2=O)c(C)c1. The molecule has 0 amide bonds.